The van der Waals surface area contributed by atoms with E-state index in [2.05, 4.69) is 10.3 Å². The van der Waals surface area contributed by atoms with Gasteiger partial charge in [0, 0.05) is 23.3 Å². The first-order valence-electron chi connectivity index (χ1n) is 13.0. The molecule has 0 saturated heterocycles. The Morgan fingerprint density at radius 3 is 1.64 bits per heavy atom. The van der Waals surface area contributed by atoms with Crippen LogP contribution in [-0.2, 0) is 38.3 Å². The van der Waals surface area contributed by atoms with Gasteiger partial charge in [-0.1, -0.05) is 10.3 Å². The second kappa shape index (κ2) is 12.2. The Balaban J connectivity index is 0.000000175. The quantitative estimate of drug-likeness (QED) is 0.379. The molecule has 16 nitrogen and oxygen atoms in total. The zero-order chi connectivity index (χ0) is 31.8. The predicted molar refractivity (Wildman–Crippen MR) is 152 cm³/mol. The lowest BCUT2D eigenvalue weighted by Gasteiger charge is -2.25. The Morgan fingerprint density at radius 2 is 1.16 bits per heavy atom. The highest BCUT2D eigenvalue weighted by molar-refractivity contribution is 7.86. The van der Waals surface area contributed by atoms with Crippen LogP contribution < -0.4 is 18.9 Å². The number of methoxy groups -OCH3 is 2. The molecular formula is C26H30N2O14S2. The van der Waals surface area contributed by atoms with Crippen LogP contribution >= 0.6 is 0 Å². The van der Waals surface area contributed by atoms with Gasteiger partial charge in [-0.25, -0.2) is 0 Å². The summed E-state index contributed by atoms with van der Waals surface area (Å²) >= 11 is 0. The van der Waals surface area contributed by atoms with Gasteiger partial charge in [0.2, 0.25) is 0 Å². The number of aromatic hydroxyl groups is 2. The summed E-state index contributed by atoms with van der Waals surface area (Å²) in [4.78, 5) is 10.5. The van der Waals surface area contributed by atoms with Gasteiger partial charge in [0.1, 0.15) is 49.3 Å². The molecular weight excluding hydrogens is 628 g/mol. The summed E-state index contributed by atoms with van der Waals surface area (Å²) in [5.41, 5.74) is 2.46. The molecule has 0 aliphatic carbocycles. The first kappa shape index (κ1) is 31.4. The fourth-order valence-corrected chi connectivity index (χ4v) is 5.62. The van der Waals surface area contributed by atoms with Crippen LogP contribution in [0.25, 0.3) is 0 Å². The molecule has 0 amide bonds. The molecule has 0 fully saturated rings. The van der Waals surface area contributed by atoms with Gasteiger partial charge in [0.05, 0.1) is 38.6 Å². The van der Waals surface area contributed by atoms with Gasteiger partial charge in [0.25, 0.3) is 20.2 Å². The van der Waals surface area contributed by atoms with Crippen LogP contribution in [0.15, 0.2) is 34.6 Å². The number of phenolic OH excluding ortho intramolecular Hbond substituents is 2. The lowest BCUT2D eigenvalue weighted by molar-refractivity contribution is 0.0175. The van der Waals surface area contributed by atoms with E-state index >= 15 is 0 Å². The van der Waals surface area contributed by atoms with Crippen molar-refractivity contribution < 1.29 is 64.0 Å². The molecule has 4 aliphatic rings. The second-order valence-corrected chi connectivity index (χ2v) is 13.4. The van der Waals surface area contributed by atoms with Crippen LogP contribution in [0.3, 0.4) is 0 Å². The van der Waals surface area contributed by atoms with Crippen molar-refractivity contribution in [2.75, 3.05) is 53.2 Å². The number of fused-ring (bicyclic) bond motifs is 6. The number of rotatable bonds is 8. The van der Waals surface area contributed by atoms with Crippen LogP contribution in [0.1, 0.15) is 11.1 Å². The van der Waals surface area contributed by atoms with E-state index in [-0.39, 0.29) is 49.8 Å². The molecule has 0 aromatic heterocycles. The number of hydrogen-bond donors (Lipinski definition) is 2. The van der Waals surface area contributed by atoms with Gasteiger partial charge < -0.3 is 38.8 Å². The van der Waals surface area contributed by atoms with Crippen molar-refractivity contribution in [2.24, 2.45) is 22.1 Å². The molecule has 2 aromatic rings. The Hall–Kier alpha value is -4.00. The molecule has 4 aliphatic heterocycles. The number of ether oxygens (including phenoxy) is 4. The van der Waals surface area contributed by atoms with Gasteiger partial charge in [-0.2, -0.15) is 16.8 Å². The molecule has 18 heteroatoms. The smallest absolute Gasteiger partial charge is 0.264 e. The predicted octanol–water partition coefficient (Wildman–Crippen LogP) is 0.977. The van der Waals surface area contributed by atoms with Gasteiger partial charge in [-0.05, 0) is 12.1 Å². The third-order valence-electron chi connectivity index (χ3n) is 7.02. The van der Waals surface area contributed by atoms with Crippen molar-refractivity contribution in [1.29, 1.82) is 0 Å². The Morgan fingerprint density at radius 1 is 0.727 bits per heavy atom. The molecule has 0 radical (unpaired) electrons. The summed E-state index contributed by atoms with van der Waals surface area (Å²) in [6, 6.07) is 6.12. The Kier molecular flexibility index (Phi) is 8.70. The summed E-state index contributed by atoms with van der Waals surface area (Å²) in [6.45, 7) is 0.259. The van der Waals surface area contributed by atoms with Crippen molar-refractivity contribution in [3.8, 4) is 34.5 Å². The van der Waals surface area contributed by atoms with E-state index < -0.39 is 32.4 Å². The van der Waals surface area contributed by atoms with E-state index in [1.807, 2.05) is 0 Å². The van der Waals surface area contributed by atoms with E-state index in [0.717, 1.165) is 12.5 Å². The van der Waals surface area contributed by atoms with Crippen molar-refractivity contribution >= 4 is 31.7 Å². The third kappa shape index (κ3) is 6.72. The van der Waals surface area contributed by atoms with E-state index in [1.165, 1.54) is 26.4 Å². The van der Waals surface area contributed by atoms with Crippen molar-refractivity contribution in [1.82, 2.24) is 0 Å². The molecule has 2 N–H and O–H groups in total. The molecule has 240 valence electrons. The lowest BCUT2D eigenvalue weighted by atomic mass is 9.90. The minimum Gasteiger partial charge on any atom is -0.504 e. The summed E-state index contributed by atoms with van der Waals surface area (Å²) < 4.78 is 75.2. The average Bonchev–Trinajstić information content (AvgIpc) is 3.58. The zero-order valence-corrected chi connectivity index (χ0v) is 25.6. The van der Waals surface area contributed by atoms with E-state index in [9.17, 15) is 27.0 Å². The Bertz CT molecular complexity index is 1710. The number of oxime groups is 2. The number of benzene rings is 2. The highest BCUT2D eigenvalue weighted by Crippen LogP contribution is 2.41. The monoisotopic (exact) mass is 658 g/mol. The zero-order valence-electron chi connectivity index (χ0n) is 24.0. The third-order valence-corrected chi connectivity index (χ3v) is 8.14. The van der Waals surface area contributed by atoms with Crippen LogP contribution in [0.2, 0.25) is 0 Å². The maximum Gasteiger partial charge on any atom is 0.264 e. The molecule has 0 spiro atoms. The lowest BCUT2D eigenvalue weighted by Crippen LogP contribution is -2.36. The molecule has 4 unspecified atom stereocenters. The van der Waals surface area contributed by atoms with Crippen molar-refractivity contribution in [3.05, 3.63) is 35.4 Å². The first-order valence-corrected chi connectivity index (χ1v) is 16.7. The van der Waals surface area contributed by atoms with Crippen molar-refractivity contribution in [2.45, 2.75) is 12.2 Å². The highest BCUT2D eigenvalue weighted by atomic mass is 32.2. The molecule has 6 rings (SSSR count). The SMILES string of the molecule is COc1cc2c(cc1O)C1=NOC(COS(C)(=O)=O)C1CO2.COc1cc2c(cc1O)OCC1C2=NOC1COS(C)(=O)=O. The standard InChI is InChI=1S/2C13H15NO7S/c1-18-11-3-7-10(4-9(11)15)19-5-8-12(21-14-13(7)8)6-20-22(2,16)17;1-18-11-4-10-7(3-9(11)15)13-8(5-19-10)12(21-14-13)6-20-22(2,16)17/h2*3-4,8,12,15H,5-6H2,1-2H3. The Labute approximate surface area is 252 Å². The fourth-order valence-electron chi connectivity index (χ4n) is 4.85. The molecule has 44 heavy (non-hydrogen) atoms. The number of phenols is 2. The molecule has 2 aromatic carbocycles. The minimum atomic E-state index is -3.55. The summed E-state index contributed by atoms with van der Waals surface area (Å²) in [6.07, 6.45) is 0.852. The van der Waals surface area contributed by atoms with Crippen molar-refractivity contribution in [3.63, 3.8) is 0 Å². The maximum absolute atomic E-state index is 11.1. The van der Waals surface area contributed by atoms with E-state index in [4.69, 9.17) is 37.0 Å². The fraction of sp³-hybridized carbons (Fsp3) is 0.462. The maximum atomic E-state index is 11.1. The van der Waals surface area contributed by atoms with Gasteiger partial charge >= 0.3 is 0 Å². The second-order valence-electron chi connectivity index (χ2n) is 10.1. The average molecular weight is 659 g/mol. The van der Waals surface area contributed by atoms with Gasteiger partial charge in [-0.15, -0.1) is 0 Å². The van der Waals surface area contributed by atoms with Crippen LogP contribution in [0.4, 0.5) is 0 Å². The summed E-state index contributed by atoms with van der Waals surface area (Å²) in [7, 11) is -4.22. The largest absolute Gasteiger partial charge is 0.504 e. The van der Waals surface area contributed by atoms with Gasteiger partial charge in [0.15, 0.2) is 35.2 Å². The molecule has 0 bridgehead atoms. The minimum absolute atomic E-state index is 0.0313. The van der Waals surface area contributed by atoms with E-state index in [1.54, 1.807) is 12.1 Å². The summed E-state index contributed by atoms with van der Waals surface area (Å²) in [5, 5.41) is 27.7. The summed E-state index contributed by atoms with van der Waals surface area (Å²) in [5.74, 6) is 1.01. The number of hydrogen-bond acceptors (Lipinski definition) is 16. The van der Waals surface area contributed by atoms with Crippen LogP contribution in [0.5, 0.6) is 34.5 Å². The molecule has 0 saturated carbocycles. The molecule has 4 atom stereocenters. The topological polar surface area (TPSA) is 207 Å². The number of nitrogens with zero attached hydrogens (tertiary/aromatic N) is 2. The van der Waals surface area contributed by atoms with Crippen LogP contribution in [0, 0.1) is 11.8 Å². The normalized spacial score (nSPS) is 22.9. The van der Waals surface area contributed by atoms with Gasteiger partial charge in [-0.3, -0.25) is 8.37 Å². The highest BCUT2D eigenvalue weighted by Gasteiger charge is 2.42. The van der Waals surface area contributed by atoms with E-state index in [0.29, 0.717) is 45.5 Å². The molecule has 4 heterocycles. The first-order chi connectivity index (χ1) is 20.8. The van der Waals surface area contributed by atoms with Crippen LogP contribution in [-0.4, -0.2) is 104 Å².